The number of para-hydroxylation sites is 1. The highest BCUT2D eigenvalue weighted by atomic mass is 16.6. The summed E-state index contributed by atoms with van der Waals surface area (Å²) < 4.78 is 0. The first-order chi connectivity index (χ1) is 12.0. The van der Waals surface area contributed by atoms with Crippen LogP contribution in [0.5, 0.6) is 0 Å². The number of carbonyl (C=O) groups is 1. The van der Waals surface area contributed by atoms with Crippen molar-refractivity contribution in [2.75, 3.05) is 11.9 Å². The molecule has 1 aromatic heterocycles. The summed E-state index contributed by atoms with van der Waals surface area (Å²) in [7, 11) is 0. The summed E-state index contributed by atoms with van der Waals surface area (Å²) >= 11 is 0. The number of aryl methyl sites for hydroxylation is 2. The van der Waals surface area contributed by atoms with Gasteiger partial charge in [0, 0.05) is 24.2 Å². The average Bonchev–Trinajstić information content (AvgIpc) is 3.37. The van der Waals surface area contributed by atoms with Crippen LogP contribution in [0.1, 0.15) is 29.8 Å². The van der Waals surface area contributed by atoms with E-state index in [-0.39, 0.29) is 23.1 Å². The predicted molar refractivity (Wildman–Crippen MR) is 93.2 cm³/mol. The molecule has 1 aliphatic carbocycles. The van der Waals surface area contributed by atoms with Crippen LogP contribution < -0.4 is 5.32 Å². The largest absolute Gasteiger partial charge is 0.322 e. The Morgan fingerprint density at radius 3 is 2.72 bits per heavy atom. The molecule has 8 heteroatoms. The number of nitrogens with one attached hydrogen (secondary N) is 2. The molecule has 1 amide bonds. The van der Waals surface area contributed by atoms with Gasteiger partial charge in [0.15, 0.2) is 0 Å². The third kappa shape index (κ3) is 4.03. The monoisotopic (exact) mass is 343 g/mol. The number of rotatable bonds is 7. The van der Waals surface area contributed by atoms with Gasteiger partial charge in [-0.3, -0.25) is 24.9 Å². The number of nitro groups is 1. The second-order valence-electron chi connectivity index (χ2n) is 6.38. The molecule has 1 heterocycles. The Hall–Kier alpha value is -2.74. The quantitative estimate of drug-likeness (QED) is 0.594. The zero-order valence-corrected chi connectivity index (χ0v) is 14.3. The third-order valence-electron chi connectivity index (χ3n) is 4.36. The molecule has 1 aliphatic rings. The molecule has 0 aliphatic heterocycles. The zero-order valence-electron chi connectivity index (χ0n) is 14.3. The Morgan fingerprint density at radius 1 is 1.40 bits per heavy atom. The minimum Gasteiger partial charge on any atom is -0.322 e. The van der Waals surface area contributed by atoms with Gasteiger partial charge in [0.25, 0.3) is 5.69 Å². The fourth-order valence-electron chi connectivity index (χ4n) is 2.89. The number of aromatic nitrogens is 2. The molecule has 0 radical (unpaired) electrons. The topological polar surface area (TPSA) is 104 Å². The Bertz CT molecular complexity index is 778. The van der Waals surface area contributed by atoms with Crippen LogP contribution in [0.4, 0.5) is 11.4 Å². The number of carbonyl (C=O) groups excluding carboxylic acids is 1. The van der Waals surface area contributed by atoms with Crippen LogP contribution in [-0.2, 0) is 11.3 Å². The summed E-state index contributed by atoms with van der Waals surface area (Å²) in [6, 6.07) is 6.98. The number of amides is 1. The Balaban J connectivity index is 1.70. The fourth-order valence-corrected chi connectivity index (χ4v) is 2.89. The molecule has 0 atom stereocenters. The highest BCUT2D eigenvalue weighted by molar-refractivity contribution is 5.93. The van der Waals surface area contributed by atoms with E-state index >= 15 is 0 Å². The summed E-state index contributed by atoms with van der Waals surface area (Å²) in [6.07, 6.45) is 2.02. The van der Waals surface area contributed by atoms with E-state index in [0.29, 0.717) is 23.8 Å². The number of H-pyrrole nitrogens is 1. The first kappa shape index (κ1) is 17.1. The van der Waals surface area contributed by atoms with Crippen molar-refractivity contribution in [1.82, 2.24) is 15.1 Å². The predicted octanol–water partition coefficient (Wildman–Crippen LogP) is 2.54. The maximum Gasteiger partial charge on any atom is 0.273 e. The summed E-state index contributed by atoms with van der Waals surface area (Å²) in [5.74, 6) is -0.141. The summed E-state index contributed by atoms with van der Waals surface area (Å²) in [6.45, 7) is 4.26. The highest BCUT2D eigenvalue weighted by Gasteiger charge is 2.31. The summed E-state index contributed by atoms with van der Waals surface area (Å²) in [5, 5.41) is 21.0. The second-order valence-corrected chi connectivity index (χ2v) is 6.38. The lowest BCUT2D eigenvalue weighted by molar-refractivity contribution is -0.385. The lowest BCUT2D eigenvalue weighted by Crippen LogP contribution is -2.34. The second kappa shape index (κ2) is 7.02. The molecule has 3 rings (SSSR count). The molecule has 0 bridgehead atoms. The van der Waals surface area contributed by atoms with Gasteiger partial charge in [-0.05, 0) is 26.7 Å². The fraction of sp³-hybridized carbons (Fsp3) is 0.412. The summed E-state index contributed by atoms with van der Waals surface area (Å²) in [4.78, 5) is 25.3. The van der Waals surface area contributed by atoms with Crippen molar-refractivity contribution in [1.29, 1.82) is 0 Å². The summed E-state index contributed by atoms with van der Waals surface area (Å²) in [5.41, 5.74) is 2.97. The lowest BCUT2D eigenvalue weighted by Gasteiger charge is -2.21. The Labute approximate surface area is 145 Å². The maximum absolute atomic E-state index is 12.4. The van der Waals surface area contributed by atoms with E-state index < -0.39 is 0 Å². The van der Waals surface area contributed by atoms with Gasteiger partial charge in [0.1, 0.15) is 0 Å². The smallest absolute Gasteiger partial charge is 0.273 e. The molecular weight excluding hydrogens is 322 g/mol. The van der Waals surface area contributed by atoms with Crippen molar-refractivity contribution in [3.8, 4) is 0 Å². The van der Waals surface area contributed by atoms with E-state index in [2.05, 4.69) is 15.5 Å². The highest BCUT2D eigenvalue weighted by Crippen LogP contribution is 2.30. The molecule has 1 fully saturated rings. The number of nitrogens with zero attached hydrogens (tertiary/aromatic N) is 3. The molecule has 0 unspecified atom stereocenters. The SMILES string of the molecule is Cc1n[nH]c(C)c1NC(=O)CN(Cc1ccccc1[N+](=O)[O-])C1CC1. The van der Waals surface area contributed by atoms with E-state index in [1.165, 1.54) is 6.07 Å². The van der Waals surface area contributed by atoms with Gasteiger partial charge in [0.05, 0.1) is 28.5 Å². The van der Waals surface area contributed by atoms with E-state index in [1.807, 2.05) is 18.7 Å². The van der Waals surface area contributed by atoms with Crippen LogP contribution >= 0.6 is 0 Å². The first-order valence-corrected chi connectivity index (χ1v) is 8.23. The molecule has 1 saturated carbocycles. The van der Waals surface area contributed by atoms with Crippen molar-refractivity contribution in [3.63, 3.8) is 0 Å². The number of hydrogen-bond donors (Lipinski definition) is 2. The molecule has 2 N–H and O–H groups in total. The Kier molecular flexibility index (Phi) is 4.80. The van der Waals surface area contributed by atoms with Crippen molar-refractivity contribution in [2.45, 2.75) is 39.3 Å². The van der Waals surface area contributed by atoms with Gasteiger partial charge in [-0.2, -0.15) is 5.10 Å². The minimum atomic E-state index is -0.376. The van der Waals surface area contributed by atoms with Gasteiger partial charge in [-0.1, -0.05) is 18.2 Å². The van der Waals surface area contributed by atoms with Crippen LogP contribution in [0.3, 0.4) is 0 Å². The van der Waals surface area contributed by atoms with Gasteiger partial charge >= 0.3 is 0 Å². The number of anilines is 1. The standard InChI is InChI=1S/C17H21N5O3/c1-11-17(12(2)20-19-11)18-16(23)10-21(14-7-8-14)9-13-5-3-4-6-15(13)22(24)25/h3-6,14H,7-10H2,1-2H3,(H,18,23)(H,19,20). The molecule has 2 aromatic rings. The van der Waals surface area contributed by atoms with Gasteiger partial charge in [0.2, 0.25) is 5.91 Å². The van der Waals surface area contributed by atoms with Gasteiger partial charge in [-0.25, -0.2) is 0 Å². The van der Waals surface area contributed by atoms with E-state index in [0.717, 1.165) is 24.2 Å². The number of nitro benzene ring substituents is 1. The van der Waals surface area contributed by atoms with Gasteiger partial charge < -0.3 is 5.32 Å². The molecule has 8 nitrogen and oxygen atoms in total. The third-order valence-corrected chi connectivity index (χ3v) is 4.36. The van der Waals surface area contributed by atoms with Crippen LogP contribution in [0, 0.1) is 24.0 Å². The zero-order chi connectivity index (χ0) is 18.0. The lowest BCUT2D eigenvalue weighted by atomic mass is 10.1. The molecule has 0 spiro atoms. The average molecular weight is 343 g/mol. The van der Waals surface area contributed by atoms with Crippen molar-refractivity contribution in [3.05, 3.63) is 51.3 Å². The van der Waals surface area contributed by atoms with Crippen molar-refractivity contribution >= 4 is 17.3 Å². The first-order valence-electron chi connectivity index (χ1n) is 8.23. The molecule has 132 valence electrons. The van der Waals surface area contributed by atoms with Gasteiger partial charge in [-0.15, -0.1) is 0 Å². The molecule has 1 aromatic carbocycles. The normalized spacial score (nSPS) is 13.9. The number of benzene rings is 1. The van der Waals surface area contributed by atoms with Crippen LogP contribution in [-0.4, -0.2) is 38.5 Å². The van der Waals surface area contributed by atoms with Crippen molar-refractivity contribution in [2.24, 2.45) is 0 Å². The van der Waals surface area contributed by atoms with Crippen LogP contribution in [0.25, 0.3) is 0 Å². The minimum absolute atomic E-state index is 0.0927. The van der Waals surface area contributed by atoms with E-state index in [1.54, 1.807) is 18.2 Å². The maximum atomic E-state index is 12.4. The molecule has 0 saturated heterocycles. The van der Waals surface area contributed by atoms with Crippen LogP contribution in [0.2, 0.25) is 0 Å². The van der Waals surface area contributed by atoms with Crippen LogP contribution in [0.15, 0.2) is 24.3 Å². The molecular formula is C17H21N5O3. The number of aromatic amines is 1. The Morgan fingerprint density at radius 2 is 2.12 bits per heavy atom. The van der Waals surface area contributed by atoms with Crippen molar-refractivity contribution < 1.29 is 9.72 Å². The molecule has 25 heavy (non-hydrogen) atoms. The number of hydrogen-bond acceptors (Lipinski definition) is 5. The van der Waals surface area contributed by atoms with E-state index in [4.69, 9.17) is 0 Å². The van der Waals surface area contributed by atoms with E-state index in [9.17, 15) is 14.9 Å².